The Morgan fingerprint density at radius 2 is 2.19 bits per heavy atom. The summed E-state index contributed by atoms with van der Waals surface area (Å²) in [5.41, 5.74) is 6.88. The van der Waals surface area contributed by atoms with Crippen LogP contribution in [0, 0.1) is 11.6 Å². The van der Waals surface area contributed by atoms with Crippen LogP contribution in [0.3, 0.4) is 0 Å². The van der Waals surface area contributed by atoms with Crippen LogP contribution in [-0.2, 0) is 17.7 Å². The molecule has 0 radical (unpaired) electrons. The monoisotopic (exact) mass is 315 g/mol. The largest absolute Gasteiger partial charge is 0.383 e. The fraction of sp³-hybridized carbons (Fsp3) is 0.357. The van der Waals surface area contributed by atoms with Crippen molar-refractivity contribution in [2.45, 2.75) is 19.0 Å². The number of nitrogens with zero attached hydrogens (tertiary/aromatic N) is 2. The van der Waals surface area contributed by atoms with E-state index in [1.807, 2.05) is 0 Å². The number of methoxy groups -OCH3 is 1. The Kier molecular flexibility index (Phi) is 5.27. The van der Waals surface area contributed by atoms with Crippen LogP contribution < -0.4 is 5.73 Å². The van der Waals surface area contributed by atoms with E-state index in [9.17, 15) is 8.78 Å². The highest BCUT2D eigenvalue weighted by molar-refractivity contribution is 6.31. The average Bonchev–Trinajstić information content (AvgIpc) is 2.82. The number of hydrogen-bond acceptors (Lipinski definition) is 3. The van der Waals surface area contributed by atoms with Crippen LogP contribution in [0.1, 0.15) is 17.3 Å². The Morgan fingerprint density at radius 3 is 2.90 bits per heavy atom. The minimum Gasteiger partial charge on any atom is -0.383 e. The fourth-order valence-electron chi connectivity index (χ4n) is 2.14. The van der Waals surface area contributed by atoms with Crippen LogP contribution in [0.5, 0.6) is 0 Å². The maximum Gasteiger partial charge on any atom is 0.162 e. The smallest absolute Gasteiger partial charge is 0.162 e. The van der Waals surface area contributed by atoms with Gasteiger partial charge in [-0.3, -0.25) is 4.68 Å². The van der Waals surface area contributed by atoms with E-state index in [1.165, 1.54) is 18.3 Å². The molecule has 1 unspecified atom stereocenters. The van der Waals surface area contributed by atoms with Gasteiger partial charge in [-0.25, -0.2) is 8.78 Å². The van der Waals surface area contributed by atoms with Gasteiger partial charge in [0.1, 0.15) is 0 Å². The standard InChI is InChI=1S/C14H16ClF2N3O/c1-21-6-5-20-14(10(15)8-19-20)12(18)7-9-3-2-4-11(16)13(9)17/h2-4,8,12H,5-7,18H2,1H3. The first-order chi connectivity index (χ1) is 10.0. The maximum absolute atomic E-state index is 13.7. The lowest BCUT2D eigenvalue weighted by atomic mass is 10.0. The predicted octanol–water partition coefficient (Wildman–Crippen LogP) is 2.70. The molecule has 114 valence electrons. The molecule has 21 heavy (non-hydrogen) atoms. The summed E-state index contributed by atoms with van der Waals surface area (Å²) in [5, 5.41) is 4.51. The zero-order chi connectivity index (χ0) is 15.4. The number of aromatic nitrogens is 2. The highest BCUT2D eigenvalue weighted by Crippen LogP contribution is 2.25. The summed E-state index contributed by atoms with van der Waals surface area (Å²) in [6, 6.07) is 3.43. The lowest BCUT2D eigenvalue weighted by Crippen LogP contribution is -2.21. The molecule has 0 aliphatic rings. The van der Waals surface area contributed by atoms with Crippen LogP contribution in [0.4, 0.5) is 8.78 Å². The van der Waals surface area contributed by atoms with E-state index in [0.29, 0.717) is 23.9 Å². The SMILES string of the molecule is COCCn1ncc(Cl)c1C(N)Cc1cccc(F)c1F. The molecule has 0 aliphatic carbocycles. The van der Waals surface area contributed by atoms with Gasteiger partial charge in [0.25, 0.3) is 0 Å². The lowest BCUT2D eigenvalue weighted by molar-refractivity contribution is 0.182. The second kappa shape index (κ2) is 6.98. The second-order valence-electron chi connectivity index (χ2n) is 4.62. The average molecular weight is 316 g/mol. The van der Waals surface area contributed by atoms with Crippen molar-refractivity contribution in [3.05, 3.63) is 52.3 Å². The Bertz CT molecular complexity index is 618. The van der Waals surface area contributed by atoms with Crippen LogP contribution in [0.15, 0.2) is 24.4 Å². The normalized spacial score (nSPS) is 12.6. The van der Waals surface area contributed by atoms with Crippen molar-refractivity contribution in [3.63, 3.8) is 0 Å². The molecule has 4 nitrogen and oxygen atoms in total. The zero-order valence-electron chi connectivity index (χ0n) is 11.5. The van der Waals surface area contributed by atoms with Gasteiger partial charge in [-0.05, 0) is 18.1 Å². The molecule has 1 aromatic heterocycles. The minimum atomic E-state index is -0.890. The van der Waals surface area contributed by atoms with Crippen LogP contribution in [0.25, 0.3) is 0 Å². The third-order valence-electron chi connectivity index (χ3n) is 3.16. The topological polar surface area (TPSA) is 53.1 Å². The third-order valence-corrected chi connectivity index (χ3v) is 3.45. The number of benzene rings is 1. The Labute approximate surface area is 126 Å². The Hall–Kier alpha value is -1.50. The van der Waals surface area contributed by atoms with Gasteiger partial charge >= 0.3 is 0 Å². The lowest BCUT2D eigenvalue weighted by Gasteiger charge is -2.15. The van der Waals surface area contributed by atoms with E-state index < -0.39 is 17.7 Å². The summed E-state index contributed by atoms with van der Waals surface area (Å²) in [6.45, 7) is 0.934. The van der Waals surface area contributed by atoms with E-state index >= 15 is 0 Å². The van der Waals surface area contributed by atoms with Crippen molar-refractivity contribution in [2.24, 2.45) is 5.73 Å². The molecule has 2 aromatic rings. The van der Waals surface area contributed by atoms with Gasteiger partial charge in [0.2, 0.25) is 0 Å². The molecule has 1 heterocycles. The number of hydrogen-bond donors (Lipinski definition) is 1. The van der Waals surface area contributed by atoms with Crippen molar-refractivity contribution >= 4 is 11.6 Å². The summed E-state index contributed by atoms with van der Waals surface area (Å²) in [4.78, 5) is 0. The van der Waals surface area contributed by atoms with Gasteiger partial charge in [-0.1, -0.05) is 23.7 Å². The molecule has 2 rings (SSSR count). The van der Waals surface area contributed by atoms with E-state index in [0.717, 1.165) is 6.07 Å². The van der Waals surface area contributed by atoms with Gasteiger partial charge < -0.3 is 10.5 Å². The highest BCUT2D eigenvalue weighted by Gasteiger charge is 2.19. The summed E-state index contributed by atoms with van der Waals surface area (Å²) >= 11 is 6.08. The molecule has 0 spiro atoms. The van der Waals surface area contributed by atoms with E-state index in [2.05, 4.69) is 5.10 Å². The van der Waals surface area contributed by atoms with E-state index in [-0.39, 0.29) is 12.0 Å². The first-order valence-electron chi connectivity index (χ1n) is 6.43. The van der Waals surface area contributed by atoms with Gasteiger partial charge in [-0.15, -0.1) is 0 Å². The molecule has 0 bridgehead atoms. The van der Waals surface area contributed by atoms with Crippen molar-refractivity contribution in [1.29, 1.82) is 0 Å². The van der Waals surface area contributed by atoms with Gasteiger partial charge in [0.05, 0.1) is 36.1 Å². The number of halogens is 3. The summed E-state index contributed by atoms with van der Waals surface area (Å²) in [7, 11) is 1.58. The molecule has 0 saturated carbocycles. The molecule has 2 N–H and O–H groups in total. The molecule has 0 fully saturated rings. The molecule has 0 aliphatic heterocycles. The predicted molar refractivity (Wildman–Crippen MR) is 76.1 cm³/mol. The molecular weight excluding hydrogens is 300 g/mol. The first kappa shape index (κ1) is 15.9. The summed E-state index contributed by atoms with van der Waals surface area (Å²) in [5.74, 6) is -1.77. The molecule has 1 aromatic carbocycles. The van der Waals surface area contributed by atoms with Crippen molar-refractivity contribution < 1.29 is 13.5 Å². The Morgan fingerprint density at radius 1 is 1.43 bits per heavy atom. The first-order valence-corrected chi connectivity index (χ1v) is 6.81. The maximum atomic E-state index is 13.7. The Balaban J connectivity index is 2.22. The minimum absolute atomic E-state index is 0.127. The molecule has 1 atom stereocenters. The molecule has 0 amide bonds. The fourth-order valence-corrected chi connectivity index (χ4v) is 2.42. The quantitative estimate of drug-likeness (QED) is 0.891. The molecule has 0 saturated heterocycles. The number of nitrogens with two attached hydrogens (primary N) is 1. The van der Waals surface area contributed by atoms with Gasteiger partial charge in [-0.2, -0.15) is 5.10 Å². The number of rotatable bonds is 6. The highest BCUT2D eigenvalue weighted by atomic mass is 35.5. The third kappa shape index (κ3) is 3.58. The molecule has 7 heteroatoms. The molecular formula is C14H16ClF2N3O. The van der Waals surface area contributed by atoms with Crippen LogP contribution in [-0.4, -0.2) is 23.5 Å². The van der Waals surface area contributed by atoms with Gasteiger partial charge in [0.15, 0.2) is 11.6 Å². The second-order valence-corrected chi connectivity index (χ2v) is 5.02. The van der Waals surface area contributed by atoms with Crippen molar-refractivity contribution in [3.8, 4) is 0 Å². The zero-order valence-corrected chi connectivity index (χ0v) is 12.3. The van der Waals surface area contributed by atoms with Crippen molar-refractivity contribution in [1.82, 2.24) is 9.78 Å². The van der Waals surface area contributed by atoms with Crippen molar-refractivity contribution in [2.75, 3.05) is 13.7 Å². The summed E-state index contributed by atoms with van der Waals surface area (Å²) in [6.07, 6.45) is 1.61. The van der Waals surface area contributed by atoms with E-state index in [1.54, 1.807) is 11.8 Å². The summed E-state index contributed by atoms with van der Waals surface area (Å²) < 4.78 is 33.5. The van der Waals surface area contributed by atoms with Crippen LogP contribution >= 0.6 is 11.6 Å². The van der Waals surface area contributed by atoms with E-state index in [4.69, 9.17) is 22.1 Å². The number of ether oxygens (including phenoxy) is 1. The van der Waals surface area contributed by atoms with Gasteiger partial charge in [0, 0.05) is 7.11 Å². The van der Waals surface area contributed by atoms with Crippen LogP contribution in [0.2, 0.25) is 5.02 Å².